The first-order valence-corrected chi connectivity index (χ1v) is 47.2. The predicted molar refractivity (Wildman–Crippen MR) is 502 cm³/mol. The Morgan fingerprint density at radius 3 is 1.17 bits per heavy atom. The van der Waals surface area contributed by atoms with Gasteiger partial charge in [-0.1, -0.05) is 131 Å². The summed E-state index contributed by atoms with van der Waals surface area (Å²) in [5.41, 5.74) is 43.7. The molecule has 0 bridgehead atoms. The van der Waals surface area contributed by atoms with Gasteiger partial charge in [-0.25, -0.2) is 9.78 Å². The summed E-state index contributed by atoms with van der Waals surface area (Å²) in [5, 5.41) is 47.1. The number of unbranched alkanes of at least 4 members (excludes halogenated alkanes) is 4. The highest BCUT2D eigenvalue weighted by atomic mass is 32.2. The first-order chi connectivity index (χ1) is 61.9. The molecule has 0 aliphatic rings. The van der Waals surface area contributed by atoms with Crippen LogP contribution in [0.5, 0.6) is 0 Å². The third kappa shape index (κ3) is 39.9. The Kier molecular flexibility index (Phi) is 51.6. The van der Waals surface area contributed by atoms with Crippen LogP contribution in [0.15, 0.2) is 78.3 Å². The fraction of sp³-hybridized carbons (Fsp3) is 0.644. The van der Waals surface area contributed by atoms with Crippen LogP contribution in [-0.4, -0.2) is 238 Å². The number of benzene rings is 2. The average Bonchev–Trinajstić information content (AvgIpc) is 1.74. The lowest BCUT2D eigenvalue weighted by molar-refractivity contribution is -0.144. The van der Waals surface area contributed by atoms with E-state index < -0.39 is 185 Å². The summed E-state index contributed by atoms with van der Waals surface area (Å²) < 4.78 is 0. The highest BCUT2D eigenvalue weighted by molar-refractivity contribution is 7.98. The largest absolute Gasteiger partial charge is 0.480 e. The summed E-state index contributed by atoms with van der Waals surface area (Å²) in [5.74, 6) is -13.1. The molecule has 0 aliphatic carbocycles. The number of nitrogens with two attached hydrogens (primary N) is 7. The number of rotatable bonds is 65. The van der Waals surface area contributed by atoms with Gasteiger partial charge in [-0.05, 0) is 194 Å². The number of amides is 13. The van der Waals surface area contributed by atoms with Crippen molar-refractivity contribution in [3.63, 3.8) is 0 Å². The number of imidazole rings is 1. The maximum absolute atomic E-state index is 15.3. The summed E-state index contributed by atoms with van der Waals surface area (Å²) in [6.45, 7) is 18.5. The van der Waals surface area contributed by atoms with Crippen LogP contribution in [0.2, 0.25) is 0 Å². The molecule has 30 N–H and O–H groups in total. The topological polar surface area (TPSA) is 655 Å². The number of thioether (sulfide) groups is 1. The lowest BCUT2D eigenvalue weighted by atomic mass is 9.94. The van der Waals surface area contributed by atoms with Gasteiger partial charge in [0.15, 0.2) is 5.96 Å². The van der Waals surface area contributed by atoms with Gasteiger partial charge in [-0.15, -0.1) is 0 Å². The first kappa shape index (κ1) is 112. The average molecular weight is 1840 g/mol. The molecule has 39 nitrogen and oxygen atoms in total. The van der Waals surface area contributed by atoms with Gasteiger partial charge in [0.2, 0.25) is 76.8 Å². The predicted octanol–water partition coefficient (Wildman–Crippen LogP) is 0.796. The lowest BCUT2D eigenvalue weighted by Crippen LogP contribution is -2.62. The Labute approximate surface area is 768 Å². The van der Waals surface area contributed by atoms with Crippen LogP contribution in [0.4, 0.5) is 0 Å². The number of hydrogen-bond donors (Lipinski definition) is 23. The number of carbonyl (C=O) groups excluding carboxylic acids is 13. The Balaban J connectivity index is 1.74. The highest BCUT2D eigenvalue weighted by Gasteiger charge is 2.40. The molecule has 0 radical (unpaired) electrons. The molecule has 0 saturated heterocycles. The number of aliphatic imine (C=N–C) groups is 1. The molecule has 130 heavy (non-hydrogen) atoms. The molecular formula is C90H150N24O15S. The monoisotopic (exact) mass is 1840 g/mol. The molecule has 2 heterocycles. The van der Waals surface area contributed by atoms with E-state index in [2.05, 4.69) is 89.1 Å². The number of nitrogens with zero attached hydrogens (tertiary/aromatic N) is 2. The number of para-hydroxylation sites is 1. The number of carboxylic acids is 1. The van der Waals surface area contributed by atoms with E-state index in [4.69, 9.17) is 40.1 Å². The van der Waals surface area contributed by atoms with E-state index in [0.29, 0.717) is 97.8 Å². The van der Waals surface area contributed by atoms with Crippen molar-refractivity contribution in [2.45, 2.75) is 295 Å². The molecule has 0 saturated carbocycles. The number of carboxylic acid groups (broad SMARTS) is 1. The molecule has 2 aromatic heterocycles. The fourth-order valence-electron chi connectivity index (χ4n) is 14.6. The van der Waals surface area contributed by atoms with Gasteiger partial charge < -0.3 is 124 Å². The minimum atomic E-state index is -1.54. The molecule has 16 atom stereocenters. The van der Waals surface area contributed by atoms with E-state index >= 15 is 33.6 Å². The molecule has 0 spiro atoms. The number of nitrogens with one attached hydrogen (secondary N) is 15. The molecule has 0 unspecified atom stereocenters. The number of H-pyrrole nitrogens is 2. The van der Waals surface area contributed by atoms with E-state index in [1.54, 1.807) is 98.0 Å². The summed E-state index contributed by atoms with van der Waals surface area (Å²) in [7, 11) is 0. The van der Waals surface area contributed by atoms with E-state index in [1.165, 1.54) is 24.3 Å². The lowest BCUT2D eigenvalue weighted by Gasteiger charge is -2.31. The number of aromatic nitrogens is 3. The van der Waals surface area contributed by atoms with Crippen molar-refractivity contribution in [2.75, 3.05) is 44.7 Å². The Hall–Kier alpha value is -10.8. The molecule has 40 heteroatoms. The van der Waals surface area contributed by atoms with Crippen LogP contribution >= 0.6 is 11.8 Å². The molecule has 4 rings (SSSR count). The zero-order chi connectivity index (χ0) is 96.5. The van der Waals surface area contributed by atoms with E-state index in [9.17, 15) is 38.7 Å². The van der Waals surface area contributed by atoms with Crippen molar-refractivity contribution in [1.82, 2.24) is 84.1 Å². The SMILES string of the molecule is CC[C@H](C)[C@H](NC(=O)[C@H](CCCCN)NC(=O)[C@H](Cc1c[nH]c2ccccc12)NC(=O)[C@H](CCCCN)NC(=O)[C@H](CC(C)C)NC(=O)[C@H](Cc1cnc[nH]1)NC(=O)[C@H](CCCN=C(N)N)NC(=O)[C@H](CCCCN)NC(=O)[C@H](Cc1ccccc1)NC(=O)[C@H](CC(C)C)NC(=O)[C@H](CCCCN)NC(=O)[C@@H](N)CCSC)C(=O)N[C@H](C(=O)N[C@H](C(=O)O)C(C)C)[C@@H](C)CC. The number of aliphatic carboxylic acids is 1. The standard InChI is InChI=1S/C90H150N24O15S/c1-12-55(9)74(88(127)114-75(56(10)13-2)87(126)112-73(54(7)8)89(128)129)113-81(120)66(35-22-26-41-94)106-85(124)71(47-58-49-100-62-31-18-17-30-60(58)62)110-79(118)65(34-21-25-40-93)104-82(121)68(44-52(3)4)108-86(125)72(48-59-50-98-51-101-59)111-80(119)67(36-27-42-99-90(96)97)103-77(116)64(33-20-24-39-92)105-84(123)70(46-57-28-15-14-16-29-57)109-83(122)69(45-53(5)6)107-78(117)63(32-19-23-38-91)102-76(115)61(95)37-43-130-11/h14-18,28-31,49-56,61,63-75,100H,12-13,19-27,32-48,91-95H2,1-11H3,(H,98,101)(H,102,115)(H,103,116)(H,104,121)(H,105,123)(H,106,124)(H,107,117)(H,108,125)(H,109,122)(H,110,118)(H,111,119)(H,112,126)(H,113,120)(H,114,127)(H,128,129)(H4,96,97,99)/t55-,56-,61-,63-,64-,65-,66-,67-,68-,69-,70-,71-,72-,73-,74-,75-/m0/s1. The van der Waals surface area contributed by atoms with E-state index in [1.807, 2.05) is 38.3 Å². The van der Waals surface area contributed by atoms with Crippen LogP contribution in [0.1, 0.15) is 208 Å². The van der Waals surface area contributed by atoms with Crippen LogP contribution in [-0.2, 0) is 86.4 Å². The van der Waals surface area contributed by atoms with Gasteiger partial charge in [0.1, 0.15) is 78.5 Å². The second kappa shape index (κ2) is 60.2. The van der Waals surface area contributed by atoms with Crippen molar-refractivity contribution in [2.24, 2.45) is 74.7 Å². The minimum absolute atomic E-state index is 0.0111. The number of aromatic amines is 2. The van der Waals surface area contributed by atoms with Crippen LogP contribution in [0.3, 0.4) is 0 Å². The summed E-state index contributed by atoms with van der Waals surface area (Å²) in [6, 6.07) is -2.44. The smallest absolute Gasteiger partial charge is 0.326 e. The zero-order valence-corrected chi connectivity index (χ0v) is 78.5. The van der Waals surface area contributed by atoms with Crippen molar-refractivity contribution in [3.05, 3.63) is 90.1 Å². The molecule has 4 aromatic rings. The maximum Gasteiger partial charge on any atom is 0.326 e. The Morgan fingerprint density at radius 2 is 0.777 bits per heavy atom. The summed E-state index contributed by atoms with van der Waals surface area (Å²) in [6.07, 6.45) is 10.2. The maximum atomic E-state index is 15.3. The van der Waals surface area contributed by atoms with Crippen molar-refractivity contribution in [1.29, 1.82) is 0 Å². The van der Waals surface area contributed by atoms with Gasteiger partial charge in [0.25, 0.3) is 0 Å². The van der Waals surface area contributed by atoms with Crippen LogP contribution < -0.4 is 109 Å². The quantitative estimate of drug-likeness (QED) is 0.0165. The molecule has 0 fully saturated rings. The highest BCUT2D eigenvalue weighted by Crippen LogP contribution is 2.23. The Bertz CT molecular complexity index is 4210. The van der Waals surface area contributed by atoms with Gasteiger partial charge in [0.05, 0.1) is 12.4 Å². The normalized spacial score (nSPS) is 15.1. The zero-order valence-electron chi connectivity index (χ0n) is 77.7. The summed E-state index contributed by atoms with van der Waals surface area (Å²) in [4.78, 5) is 219. The van der Waals surface area contributed by atoms with Gasteiger partial charge in [-0.2, -0.15) is 11.8 Å². The molecule has 2 aromatic carbocycles. The first-order valence-electron chi connectivity index (χ1n) is 45.8. The molecule has 726 valence electrons. The number of carbonyl (C=O) groups is 14. The Morgan fingerprint density at radius 1 is 0.415 bits per heavy atom. The van der Waals surface area contributed by atoms with Gasteiger partial charge >= 0.3 is 5.97 Å². The molecular weight excluding hydrogens is 1690 g/mol. The number of fused-ring (bicyclic) bond motifs is 1. The van der Waals surface area contributed by atoms with Crippen molar-refractivity contribution < 1.29 is 72.2 Å². The minimum Gasteiger partial charge on any atom is -0.480 e. The second-order valence-corrected chi connectivity index (χ2v) is 35.7. The number of guanidine groups is 1. The third-order valence-corrected chi connectivity index (χ3v) is 23.3. The van der Waals surface area contributed by atoms with E-state index in [-0.39, 0.29) is 127 Å². The van der Waals surface area contributed by atoms with Gasteiger partial charge in [0, 0.05) is 54.8 Å². The third-order valence-electron chi connectivity index (χ3n) is 22.6. The molecule has 13 amide bonds. The number of hydrogen-bond acceptors (Lipinski definition) is 22. The molecule has 0 aliphatic heterocycles. The van der Waals surface area contributed by atoms with Crippen molar-refractivity contribution in [3.8, 4) is 0 Å². The summed E-state index contributed by atoms with van der Waals surface area (Å²) >= 11 is 1.51. The second-order valence-electron chi connectivity index (χ2n) is 34.7. The van der Waals surface area contributed by atoms with Crippen LogP contribution in [0, 0.1) is 29.6 Å². The van der Waals surface area contributed by atoms with Crippen LogP contribution in [0.25, 0.3) is 10.9 Å². The van der Waals surface area contributed by atoms with E-state index in [0.717, 1.165) is 0 Å². The fourth-order valence-corrected chi connectivity index (χ4v) is 15.1. The van der Waals surface area contributed by atoms with Crippen molar-refractivity contribution >= 4 is 111 Å². The van der Waals surface area contributed by atoms with Gasteiger partial charge in [-0.3, -0.25) is 67.3 Å².